The van der Waals surface area contributed by atoms with Crippen LogP contribution in [0.4, 0.5) is 4.39 Å². The van der Waals surface area contributed by atoms with E-state index in [1.165, 1.54) is 0 Å². The molecule has 1 rings (SSSR count). The van der Waals surface area contributed by atoms with E-state index in [9.17, 15) is 9.18 Å². The predicted octanol–water partition coefficient (Wildman–Crippen LogP) is 0.386. The highest BCUT2D eigenvalue weighted by atomic mass is 19.1. The van der Waals surface area contributed by atoms with Crippen LogP contribution in [0.2, 0.25) is 0 Å². The van der Waals surface area contributed by atoms with E-state index in [4.69, 9.17) is 5.26 Å². The van der Waals surface area contributed by atoms with Gasteiger partial charge in [0.05, 0.1) is 5.56 Å². The summed E-state index contributed by atoms with van der Waals surface area (Å²) in [5.74, 6) is -0.706. The van der Waals surface area contributed by atoms with E-state index < -0.39 is 11.4 Å². The highest BCUT2D eigenvalue weighted by molar-refractivity contribution is 5.26. The second kappa shape index (κ2) is 2.31. The van der Waals surface area contributed by atoms with Crippen LogP contribution in [0.1, 0.15) is 5.56 Å². The molecule has 0 saturated carbocycles. The number of halogens is 1. The van der Waals surface area contributed by atoms with Gasteiger partial charge in [0.15, 0.2) is 5.82 Å². The number of nitrogens with zero attached hydrogens (tertiary/aromatic N) is 1. The maximum atomic E-state index is 12.4. The summed E-state index contributed by atoms with van der Waals surface area (Å²) in [6, 6.07) is 2.45. The summed E-state index contributed by atoms with van der Waals surface area (Å²) in [4.78, 5) is 12.5. The standard InChI is InChI=1S/C6H3FN2O/c7-5-3-9-6(10)1-4(5)2-8/h1,3H,(H,9,10). The maximum Gasteiger partial charge on any atom is 0.249 e. The van der Waals surface area contributed by atoms with Crippen LogP contribution in [0, 0.1) is 17.1 Å². The van der Waals surface area contributed by atoms with Gasteiger partial charge in [0.2, 0.25) is 5.56 Å². The van der Waals surface area contributed by atoms with E-state index in [2.05, 4.69) is 4.98 Å². The van der Waals surface area contributed by atoms with Gasteiger partial charge in [-0.05, 0) is 0 Å². The van der Waals surface area contributed by atoms with Crippen molar-refractivity contribution in [2.45, 2.75) is 0 Å². The molecule has 0 fully saturated rings. The molecule has 0 unspecified atom stereocenters. The van der Waals surface area contributed by atoms with Crippen molar-refractivity contribution in [3.8, 4) is 6.07 Å². The number of H-pyrrole nitrogens is 1. The zero-order valence-electron chi connectivity index (χ0n) is 4.89. The first-order chi connectivity index (χ1) is 4.74. The topological polar surface area (TPSA) is 56.6 Å². The lowest BCUT2D eigenvalue weighted by Crippen LogP contribution is -2.05. The van der Waals surface area contributed by atoms with Crippen molar-refractivity contribution in [3.63, 3.8) is 0 Å². The minimum atomic E-state index is -0.706. The van der Waals surface area contributed by atoms with Crippen molar-refractivity contribution in [1.82, 2.24) is 4.98 Å². The fourth-order valence-electron chi connectivity index (χ4n) is 0.540. The third kappa shape index (κ3) is 1.03. The monoisotopic (exact) mass is 138 g/mol. The van der Waals surface area contributed by atoms with Gasteiger partial charge in [-0.15, -0.1) is 0 Å². The van der Waals surface area contributed by atoms with Gasteiger partial charge in [0.1, 0.15) is 6.07 Å². The number of aromatic nitrogens is 1. The Kier molecular flexibility index (Phi) is 1.50. The predicted molar refractivity (Wildman–Crippen MR) is 31.7 cm³/mol. The summed E-state index contributed by atoms with van der Waals surface area (Å²) >= 11 is 0. The molecule has 0 aliphatic rings. The van der Waals surface area contributed by atoms with Gasteiger partial charge in [0, 0.05) is 12.3 Å². The number of nitrogens with one attached hydrogen (secondary N) is 1. The molecule has 1 aromatic heterocycles. The Morgan fingerprint density at radius 3 is 2.90 bits per heavy atom. The molecule has 1 N–H and O–H groups in total. The summed E-state index contributed by atoms with van der Waals surface area (Å²) in [6.07, 6.45) is 0.862. The average molecular weight is 138 g/mol. The summed E-state index contributed by atoms with van der Waals surface area (Å²) in [7, 11) is 0. The smallest absolute Gasteiger partial charge is 0.249 e. The van der Waals surface area contributed by atoms with E-state index >= 15 is 0 Å². The molecule has 4 heteroatoms. The van der Waals surface area contributed by atoms with Crippen LogP contribution in [-0.4, -0.2) is 4.98 Å². The van der Waals surface area contributed by atoms with Crippen molar-refractivity contribution in [2.75, 3.05) is 0 Å². The lowest BCUT2D eigenvalue weighted by atomic mass is 10.3. The highest BCUT2D eigenvalue weighted by Gasteiger charge is 1.98. The Bertz CT molecular complexity index is 336. The first-order valence-electron chi connectivity index (χ1n) is 2.52. The van der Waals surface area contributed by atoms with Crippen molar-refractivity contribution in [3.05, 3.63) is 34.0 Å². The lowest BCUT2D eigenvalue weighted by Gasteiger charge is -1.87. The largest absolute Gasteiger partial charge is 0.326 e. The molecule has 10 heavy (non-hydrogen) atoms. The molecule has 0 saturated heterocycles. The Balaban J connectivity index is 3.40. The minimum Gasteiger partial charge on any atom is -0.326 e. The molecule has 0 spiro atoms. The molecule has 3 nitrogen and oxygen atoms in total. The third-order valence-electron chi connectivity index (χ3n) is 0.994. The van der Waals surface area contributed by atoms with Crippen LogP contribution in [0.25, 0.3) is 0 Å². The molecule has 0 aromatic carbocycles. The number of hydrogen-bond acceptors (Lipinski definition) is 2. The van der Waals surface area contributed by atoms with Crippen molar-refractivity contribution < 1.29 is 4.39 Å². The molecular formula is C6H3FN2O. The molecule has 50 valence electrons. The molecular weight excluding hydrogens is 135 g/mol. The van der Waals surface area contributed by atoms with Gasteiger partial charge < -0.3 is 4.98 Å². The highest BCUT2D eigenvalue weighted by Crippen LogP contribution is 1.97. The Morgan fingerprint density at radius 1 is 1.70 bits per heavy atom. The quantitative estimate of drug-likeness (QED) is 0.563. The normalized spacial score (nSPS) is 8.80. The van der Waals surface area contributed by atoms with Gasteiger partial charge in [-0.1, -0.05) is 0 Å². The Morgan fingerprint density at radius 2 is 2.40 bits per heavy atom. The van der Waals surface area contributed by atoms with E-state index in [0.29, 0.717) is 0 Å². The average Bonchev–Trinajstić information content (AvgIpc) is 1.94. The number of hydrogen-bond donors (Lipinski definition) is 1. The van der Waals surface area contributed by atoms with E-state index in [1.54, 1.807) is 6.07 Å². The molecule has 1 heterocycles. The van der Waals surface area contributed by atoms with Gasteiger partial charge in [-0.3, -0.25) is 4.79 Å². The first-order valence-corrected chi connectivity index (χ1v) is 2.52. The van der Waals surface area contributed by atoms with E-state index in [0.717, 1.165) is 12.3 Å². The van der Waals surface area contributed by atoms with Crippen LogP contribution >= 0.6 is 0 Å². The minimum absolute atomic E-state index is 0.233. The van der Waals surface area contributed by atoms with Gasteiger partial charge in [0.25, 0.3) is 0 Å². The SMILES string of the molecule is N#Cc1cc(=O)[nH]cc1F. The number of pyridine rings is 1. The maximum absolute atomic E-state index is 12.4. The molecule has 0 aliphatic carbocycles. The summed E-state index contributed by atoms with van der Waals surface area (Å²) in [5, 5.41) is 8.20. The number of rotatable bonds is 0. The fourth-order valence-corrected chi connectivity index (χ4v) is 0.540. The molecule has 0 aliphatic heterocycles. The van der Waals surface area contributed by atoms with Crippen LogP contribution in [0.3, 0.4) is 0 Å². The first kappa shape index (κ1) is 6.49. The Labute approximate surface area is 55.7 Å². The molecule has 0 radical (unpaired) electrons. The summed E-state index contributed by atoms with van der Waals surface area (Å²) in [5.41, 5.74) is -0.707. The van der Waals surface area contributed by atoms with Gasteiger partial charge in [-0.25, -0.2) is 4.39 Å². The summed E-state index contributed by atoms with van der Waals surface area (Å²) in [6.45, 7) is 0. The van der Waals surface area contributed by atoms with Crippen LogP contribution in [0.5, 0.6) is 0 Å². The van der Waals surface area contributed by atoms with Gasteiger partial charge in [-0.2, -0.15) is 5.26 Å². The van der Waals surface area contributed by atoms with E-state index in [1.807, 2.05) is 0 Å². The van der Waals surface area contributed by atoms with Gasteiger partial charge >= 0.3 is 0 Å². The van der Waals surface area contributed by atoms with Crippen LogP contribution in [0.15, 0.2) is 17.1 Å². The molecule has 0 bridgehead atoms. The van der Waals surface area contributed by atoms with E-state index in [-0.39, 0.29) is 5.56 Å². The van der Waals surface area contributed by atoms with Crippen LogP contribution < -0.4 is 5.56 Å². The van der Waals surface area contributed by atoms with Crippen molar-refractivity contribution >= 4 is 0 Å². The zero-order chi connectivity index (χ0) is 7.56. The summed E-state index contributed by atoms with van der Waals surface area (Å²) < 4.78 is 12.4. The third-order valence-corrected chi connectivity index (χ3v) is 0.994. The van der Waals surface area contributed by atoms with Crippen molar-refractivity contribution in [1.29, 1.82) is 5.26 Å². The van der Waals surface area contributed by atoms with Crippen LogP contribution in [-0.2, 0) is 0 Å². The molecule has 1 aromatic rings. The fraction of sp³-hybridized carbons (Fsp3) is 0. The zero-order valence-corrected chi connectivity index (χ0v) is 4.89. The number of aromatic amines is 1. The molecule has 0 amide bonds. The second-order valence-corrected chi connectivity index (χ2v) is 1.67. The lowest BCUT2D eigenvalue weighted by molar-refractivity contribution is 0.616. The Hall–Kier alpha value is -1.63. The second-order valence-electron chi connectivity index (χ2n) is 1.67. The van der Waals surface area contributed by atoms with Crippen molar-refractivity contribution in [2.24, 2.45) is 0 Å². The number of nitriles is 1. The molecule has 0 atom stereocenters.